The van der Waals surface area contributed by atoms with Crippen molar-refractivity contribution in [2.24, 2.45) is 0 Å². The Balaban J connectivity index is 2.83. The Morgan fingerprint density at radius 2 is 1.81 bits per heavy atom. The van der Waals surface area contributed by atoms with Crippen molar-refractivity contribution in [3.05, 3.63) is 28.2 Å². The van der Waals surface area contributed by atoms with Crippen LogP contribution in [0.25, 0.3) is 0 Å². The maximum Gasteiger partial charge on any atom is 0.307 e. The molecule has 88 valence electrons. The largest absolute Gasteiger partial charge is 0.487 e. The smallest absolute Gasteiger partial charge is 0.307 e. The Labute approximate surface area is 104 Å². The van der Waals surface area contributed by atoms with Gasteiger partial charge in [-0.05, 0) is 32.0 Å². The monoisotopic (exact) mass is 262 g/mol. The molecule has 0 unspecified atom stereocenters. The first-order valence-electron chi connectivity index (χ1n) is 4.65. The van der Waals surface area contributed by atoms with Crippen LogP contribution in [-0.4, -0.2) is 16.7 Å². The Morgan fingerprint density at radius 3 is 2.25 bits per heavy atom. The van der Waals surface area contributed by atoms with Crippen LogP contribution in [0.5, 0.6) is 5.75 Å². The molecule has 0 spiro atoms. The third-order valence-corrected chi connectivity index (χ3v) is 2.24. The minimum absolute atomic E-state index is 0.100. The van der Waals surface area contributed by atoms with Gasteiger partial charge in [-0.3, -0.25) is 4.79 Å². The van der Waals surface area contributed by atoms with E-state index < -0.39 is 11.6 Å². The van der Waals surface area contributed by atoms with E-state index in [4.69, 9.17) is 33.0 Å². The van der Waals surface area contributed by atoms with E-state index in [0.29, 0.717) is 15.8 Å². The lowest BCUT2D eigenvalue weighted by Crippen LogP contribution is -2.31. The summed E-state index contributed by atoms with van der Waals surface area (Å²) in [4.78, 5) is 10.6. The Kier molecular flexibility index (Phi) is 4.05. The first-order valence-corrected chi connectivity index (χ1v) is 5.41. The second-order valence-electron chi connectivity index (χ2n) is 4.04. The molecule has 1 rings (SSSR count). The maximum absolute atomic E-state index is 10.6. The number of carboxylic acid groups (broad SMARTS) is 1. The molecule has 0 fully saturated rings. The van der Waals surface area contributed by atoms with Gasteiger partial charge in [0.1, 0.15) is 11.4 Å². The van der Waals surface area contributed by atoms with E-state index in [2.05, 4.69) is 0 Å². The average Bonchev–Trinajstić information content (AvgIpc) is 1.95. The van der Waals surface area contributed by atoms with Crippen LogP contribution in [0.4, 0.5) is 0 Å². The number of carbonyl (C=O) groups is 1. The number of hydrogen-bond donors (Lipinski definition) is 1. The minimum Gasteiger partial charge on any atom is -0.487 e. The summed E-state index contributed by atoms with van der Waals surface area (Å²) in [5.41, 5.74) is -0.806. The van der Waals surface area contributed by atoms with Crippen LogP contribution in [0.1, 0.15) is 20.3 Å². The van der Waals surface area contributed by atoms with Crippen LogP contribution in [0, 0.1) is 0 Å². The standard InChI is InChI=1S/C11H12Cl2O3/c1-11(2,6-10(14)15)16-9-4-7(12)3-8(13)5-9/h3-5H,6H2,1-2H3,(H,14,15). The van der Waals surface area contributed by atoms with Crippen LogP contribution in [0.3, 0.4) is 0 Å². The molecule has 1 N–H and O–H groups in total. The summed E-state index contributed by atoms with van der Waals surface area (Å²) in [6.07, 6.45) is -0.100. The SMILES string of the molecule is CC(C)(CC(=O)O)Oc1cc(Cl)cc(Cl)c1. The summed E-state index contributed by atoms with van der Waals surface area (Å²) in [6, 6.07) is 4.77. The highest BCUT2D eigenvalue weighted by Gasteiger charge is 2.24. The van der Waals surface area contributed by atoms with Crippen LogP contribution in [0.15, 0.2) is 18.2 Å². The van der Waals surface area contributed by atoms with Gasteiger partial charge in [0.2, 0.25) is 0 Å². The lowest BCUT2D eigenvalue weighted by atomic mass is 10.1. The molecular weight excluding hydrogens is 251 g/mol. The molecule has 0 aliphatic rings. The first-order chi connectivity index (χ1) is 7.28. The Morgan fingerprint density at radius 1 is 1.31 bits per heavy atom. The van der Waals surface area contributed by atoms with E-state index in [1.165, 1.54) is 0 Å². The van der Waals surface area contributed by atoms with Gasteiger partial charge in [0.25, 0.3) is 0 Å². The van der Waals surface area contributed by atoms with Gasteiger partial charge in [-0.2, -0.15) is 0 Å². The molecule has 0 amide bonds. The van der Waals surface area contributed by atoms with E-state index in [9.17, 15) is 4.79 Å². The Bertz CT molecular complexity index is 382. The summed E-state index contributed by atoms with van der Waals surface area (Å²) in [6.45, 7) is 3.38. The number of benzene rings is 1. The molecule has 0 saturated heterocycles. The number of hydrogen-bond acceptors (Lipinski definition) is 2. The molecule has 0 radical (unpaired) electrons. The van der Waals surface area contributed by atoms with Crippen molar-refractivity contribution < 1.29 is 14.6 Å². The van der Waals surface area contributed by atoms with Crippen molar-refractivity contribution in [3.63, 3.8) is 0 Å². The van der Waals surface area contributed by atoms with Crippen molar-refractivity contribution in [2.75, 3.05) is 0 Å². The van der Waals surface area contributed by atoms with Gasteiger partial charge in [-0.15, -0.1) is 0 Å². The Hall–Kier alpha value is -0.930. The molecule has 5 heteroatoms. The maximum atomic E-state index is 10.6. The molecule has 1 aromatic carbocycles. The van der Waals surface area contributed by atoms with Crippen LogP contribution in [0.2, 0.25) is 10.0 Å². The van der Waals surface area contributed by atoms with Crippen LogP contribution >= 0.6 is 23.2 Å². The first kappa shape index (κ1) is 13.1. The summed E-state index contributed by atoms with van der Waals surface area (Å²) < 4.78 is 5.52. The number of rotatable bonds is 4. The molecule has 0 saturated carbocycles. The van der Waals surface area contributed by atoms with Crippen molar-refractivity contribution in [1.29, 1.82) is 0 Å². The second-order valence-corrected chi connectivity index (χ2v) is 4.91. The second kappa shape index (κ2) is 4.93. The number of ether oxygens (including phenoxy) is 1. The zero-order valence-electron chi connectivity index (χ0n) is 8.96. The van der Waals surface area contributed by atoms with Crippen LogP contribution in [-0.2, 0) is 4.79 Å². The molecule has 1 aromatic rings. The fraction of sp³-hybridized carbons (Fsp3) is 0.364. The lowest BCUT2D eigenvalue weighted by Gasteiger charge is -2.24. The molecule has 0 aliphatic carbocycles. The highest BCUT2D eigenvalue weighted by Crippen LogP contribution is 2.28. The molecular formula is C11H12Cl2O3. The van der Waals surface area contributed by atoms with Gasteiger partial charge in [-0.1, -0.05) is 23.2 Å². The van der Waals surface area contributed by atoms with E-state index in [1.807, 2.05) is 0 Å². The third kappa shape index (κ3) is 4.29. The van der Waals surface area contributed by atoms with Gasteiger partial charge in [0.15, 0.2) is 0 Å². The zero-order chi connectivity index (χ0) is 12.3. The molecule has 0 aliphatic heterocycles. The minimum atomic E-state index is -0.918. The van der Waals surface area contributed by atoms with Gasteiger partial charge < -0.3 is 9.84 Å². The molecule has 0 bridgehead atoms. The lowest BCUT2D eigenvalue weighted by molar-refractivity contribution is -0.140. The van der Waals surface area contributed by atoms with Crippen molar-refractivity contribution in [2.45, 2.75) is 25.9 Å². The number of halogens is 2. The van der Waals surface area contributed by atoms with E-state index >= 15 is 0 Å². The quantitative estimate of drug-likeness (QED) is 0.902. The molecule has 3 nitrogen and oxygen atoms in total. The molecule has 0 aromatic heterocycles. The predicted molar refractivity (Wildman–Crippen MR) is 63.4 cm³/mol. The highest BCUT2D eigenvalue weighted by molar-refractivity contribution is 6.34. The van der Waals surface area contributed by atoms with E-state index in [-0.39, 0.29) is 6.42 Å². The van der Waals surface area contributed by atoms with Gasteiger partial charge in [0.05, 0.1) is 6.42 Å². The summed E-state index contributed by atoms with van der Waals surface area (Å²) in [5.74, 6) is -0.457. The molecule has 0 atom stereocenters. The molecule has 16 heavy (non-hydrogen) atoms. The van der Waals surface area contributed by atoms with E-state index in [0.717, 1.165) is 0 Å². The highest BCUT2D eigenvalue weighted by atomic mass is 35.5. The topological polar surface area (TPSA) is 46.5 Å². The fourth-order valence-corrected chi connectivity index (χ4v) is 1.81. The van der Waals surface area contributed by atoms with Gasteiger partial charge in [-0.25, -0.2) is 0 Å². The normalized spacial score (nSPS) is 11.2. The average molecular weight is 263 g/mol. The molecule has 0 heterocycles. The van der Waals surface area contributed by atoms with Gasteiger partial charge >= 0.3 is 5.97 Å². The number of carboxylic acids is 1. The van der Waals surface area contributed by atoms with Gasteiger partial charge in [0, 0.05) is 10.0 Å². The van der Waals surface area contributed by atoms with Crippen molar-refractivity contribution >= 4 is 29.2 Å². The predicted octanol–water partition coefficient (Wildman–Crippen LogP) is 3.63. The summed E-state index contributed by atoms with van der Waals surface area (Å²) in [7, 11) is 0. The van der Waals surface area contributed by atoms with Crippen molar-refractivity contribution in [1.82, 2.24) is 0 Å². The van der Waals surface area contributed by atoms with Crippen LogP contribution < -0.4 is 4.74 Å². The fourth-order valence-electron chi connectivity index (χ4n) is 1.31. The zero-order valence-corrected chi connectivity index (χ0v) is 10.5. The third-order valence-electron chi connectivity index (χ3n) is 1.81. The summed E-state index contributed by atoms with van der Waals surface area (Å²) >= 11 is 11.6. The number of aliphatic carboxylic acids is 1. The van der Waals surface area contributed by atoms with Crippen molar-refractivity contribution in [3.8, 4) is 5.75 Å². The summed E-state index contributed by atoms with van der Waals surface area (Å²) in [5, 5.41) is 9.61. The van der Waals surface area contributed by atoms with E-state index in [1.54, 1.807) is 32.0 Å².